The van der Waals surface area contributed by atoms with Gasteiger partial charge in [-0.15, -0.1) is 0 Å². The second-order valence-corrected chi connectivity index (χ2v) is 5.65. The Morgan fingerprint density at radius 3 is 2.89 bits per heavy atom. The summed E-state index contributed by atoms with van der Waals surface area (Å²) in [6.07, 6.45) is 7.00. The average molecular weight is 327 g/mol. The molecule has 1 amide bonds. The highest BCUT2D eigenvalue weighted by atomic mass is 79.9. The van der Waals surface area contributed by atoms with Crippen molar-refractivity contribution in [3.05, 3.63) is 22.9 Å². The molecule has 1 aliphatic carbocycles. The number of ether oxygens (including phenoxy) is 1. The minimum absolute atomic E-state index is 0.0531. The summed E-state index contributed by atoms with van der Waals surface area (Å²) in [5.74, 6) is 0.538. The van der Waals surface area contributed by atoms with Crippen LogP contribution >= 0.6 is 15.9 Å². The Hall–Kier alpha value is -1.10. The van der Waals surface area contributed by atoms with Gasteiger partial charge in [-0.05, 0) is 47.8 Å². The van der Waals surface area contributed by atoms with E-state index in [4.69, 9.17) is 4.74 Å². The minimum Gasteiger partial charge on any atom is -0.478 e. The van der Waals surface area contributed by atoms with Crippen LogP contribution in [0, 0.1) is 0 Å². The molecule has 0 spiro atoms. The molecule has 104 valence electrons. The molecular formula is C14H19BrN2O2. The molecule has 1 unspecified atom stereocenters. The molecule has 2 rings (SSSR count). The normalized spacial score (nSPS) is 17.8. The van der Waals surface area contributed by atoms with E-state index < -0.39 is 6.10 Å². The second-order valence-electron chi connectivity index (χ2n) is 4.90. The zero-order chi connectivity index (χ0) is 13.7. The quantitative estimate of drug-likeness (QED) is 0.865. The lowest BCUT2D eigenvalue weighted by Gasteiger charge is -2.24. The van der Waals surface area contributed by atoms with Crippen molar-refractivity contribution in [1.82, 2.24) is 10.3 Å². The fourth-order valence-corrected chi connectivity index (χ4v) is 2.61. The van der Waals surface area contributed by atoms with Gasteiger partial charge in [0, 0.05) is 12.2 Å². The molecule has 0 bridgehead atoms. The largest absolute Gasteiger partial charge is 0.478 e. The van der Waals surface area contributed by atoms with Crippen LogP contribution in [0.1, 0.15) is 39.0 Å². The topological polar surface area (TPSA) is 51.2 Å². The summed E-state index contributed by atoms with van der Waals surface area (Å²) in [7, 11) is 0. The number of hydrogen-bond acceptors (Lipinski definition) is 3. The van der Waals surface area contributed by atoms with Crippen LogP contribution < -0.4 is 10.1 Å². The van der Waals surface area contributed by atoms with Crippen molar-refractivity contribution >= 4 is 21.8 Å². The number of carbonyl (C=O) groups is 1. The summed E-state index contributed by atoms with van der Waals surface area (Å²) in [6, 6.07) is 3.89. The van der Waals surface area contributed by atoms with Crippen LogP contribution in [0.5, 0.6) is 5.75 Å². The summed E-state index contributed by atoms with van der Waals surface area (Å²) in [4.78, 5) is 16.1. The van der Waals surface area contributed by atoms with Gasteiger partial charge < -0.3 is 10.1 Å². The van der Waals surface area contributed by atoms with Crippen LogP contribution in [0.15, 0.2) is 22.9 Å². The lowest BCUT2D eigenvalue weighted by Crippen LogP contribution is -2.43. The van der Waals surface area contributed by atoms with Gasteiger partial charge >= 0.3 is 0 Å². The van der Waals surface area contributed by atoms with Crippen LogP contribution in [0.4, 0.5) is 0 Å². The van der Waals surface area contributed by atoms with Crippen LogP contribution in [0.25, 0.3) is 0 Å². The Morgan fingerprint density at radius 2 is 2.21 bits per heavy atom. The van der Waals surface area contributed by atoms with Crippen LogP contribution in [0.2, 0.25) is 0 Å². The molecule has 1 aromatic rings. The number of nitrogens with zero attached hydrogens (tertiary/aromatic N) is 1. The van der Waals surface area contributed by atoms with Crippen molar-refractivity contribution in [2.45, 2.75) is 51.2 Å². The smallest absolute Gasteiger partial charge is 0.260 e. The van der Waals surface area contributed by atoms with E-state index in [1.54, 1.807) is 25.3 Å². The number of carbonyl (C=O) groups excluding carboxylic acids is 1. The first kappa shape index (κ1) is 14.3. The summed E-state index contributed by atoms with van der Waals surface area (Å²) < 4.78 is 6.24. The molecule has 1 saturated carbocycles. The summed E-state index contributed by atoms with van der Waals surface area (Å²) in [5, 5.41) is 3.06. The van der Waals surface area contributed by atoms with E-state index in [1.165, 1.54) is 19.3 Å². The summed E-state index contributed by atoms with van der Waals surface area (Å²) >= 11 is 3.30. The van der Waals surface area contributed by atoms with Gasteiger partial charge in [-0.3, -0.25) is 4.79 Å². The molecule has 0 radical (unpaired) electrons. The predicted octanol–water partition coefficient (Wildman–Crippen LogP) is 3.06. The highest BCUT2D eigenvalue weighted by Gasteiger charge is 2.21. The highest BCUT2D eigenvalue weighted by Crippen LogP contribution is 2.22. The molecule has 0 aliphatic heterocycles. The number of nitrogens with one attached hydrogen (secondary N) is 1. The SMILES string of the molecule is CC(Oc1cccnc1Br)C(=O)NC1CCCCC1. The van der Waals surface area contributed by atoms with E-state index in [1.807, 2.05) is 0 Å². The van der Waals surface area contributed by atoms with Crippen molar-refractivity contribution in [3.8, 4) is 5.75 Å². The Kier molecular flexibility index (Phi) is 5.19. The summed E-state index contributed by atoms with van der Waals surface area (Å²) in [5.41, 5.74) is 0. The fourth-order valence-electron chi connectivity index (χ4n) is 2.27. The third-order valence-corrected chi connectivity index (χ3v) is 3.94. The minimum atomic E-state index is -0.512. The molecule has 1 aromatic heterocycles. The second kappa shape index (κ2) is 6.89. The highest BCUT2D eigenvalue weighted by molar-refractivity contribution is 9.10. The van der Waals surface area contributed by atoms with Gasteiger partial charge in [0.2, 0.25) is 0 Å². The molecule has 5 heteroatoms. The van der Waals surface area contributed by atoms with Gasteiger partial charge in [0.05, 0.1) is 0 Å². The maximum Gasteiger partial charge on any atom is 0.260 e. The molecule has 1 fully saturated rings. The van der Waals surface area contributed by atoms with Gasteiger partial charge in [-0.1, -0.05) is 19.3 Å². The first-order valence-electron chi connectivity index (χ1n) is 6.74. The number of amides is 1. The van der Waals surface area contributed by atoms with Crippen LogP contribution in [-0.2, 0) is 4.79 Å². The lowest BCUT2D eigenvalue weighted by atomic mass is 9.95. The van der Waals surface area contributed by atoms with Crippen molar-refractivity contribution in [2.24, 2.45) is 0 Å². The number of rotatable bonds is 4. The Balaban J connectivity index is 1.87. The molecule has 1 N–H and O–H groups in total. The number of hydrogen-bond donors (Lipinski definition) is 1. The average Bonchev–Trinajstić information content (AvgIpc) is 2.42. The van der Waals surface area contributed by atoms with E-state index in [2.05, 4.69) is 26.2 Å². The fraction of sp³-hybridized carbons (Fsp3) is 0.571. The van der Waals surface area contributed by atoms with Crippen molar-refractivity contribution in [1.29, 1.82) is 0 Å². The third-order valence-electron chi connectivity index (χ3n) is 3.35. The van der Waals surface area contributed by atoms with Gasteiger partial charge in [0.15, 0.2) is 11.9 Å². The van der Waals surface area contributed by atoms with Crippen LogP contribution in [0.3, 0.4) is 0 Å². The maximum absolute atomic E-state index is 12.1. The van der Waals surface area contributed by atoms with Gasteiger partial charge in [-0.2, -0.15) is 0 Å². The van der Waals surface area contributed by atoms with E-state index in [0.717, 1.165) is 12.8 Å². The molecule has 1 aliphatic rings. The number of halogens is 1. The van der Waals surface area contributed by atoms with Crippen molar-refractivity contribution in [3.63, 3.8) is 0 Å². The van der Waals surface area contributed by atoms with E-state index >= 15 is 0 Å². The first-order valence-corrected chi connectivity index (χ1v) is 7.53. The first-order chi connectivity index (χ1) is 9.16. The standard InChI is InChI=1S/C14H19BrN2O2/c1-10(19-12-8-5-9-16-13(12)15)14(18)17-11-6-3-2-4-7-11/h5,8-11H,2-4,6-7H2,1H3,(H,17,18). The van der Waals surface area contributed by atoms with Crippen molar-refractivity contribution in [2.75, 3.05) is 0 Å². The maximum atomic E-state index is 12.1. The Labute approximate surface area is 122 Å². The summed E-state index contributed by atoms with van der Waals surface area (Å²) in [6.45, 7) is 1.76. The van der Waals surface area contributed by atoms with E-state index in [-0.39, 0.29) is 5.91 Å². The molecule has 1 atom stereocenters. The molecule has 4 nitrogen and oxygen atoms in total. The zero-order valence-corrected chi connectivity index (χ0v) is 12.6. The molecule has 0 saturated heterocycles. The molecule has 0 aromatic carbocycles. The van der Waals surface area contributed by atoms with Crippen LogP contribution in [-0.4, -0.2) is 23.0 Å². The van der Waals surface area contributed by atoms with E-state index in [9.17, 15) is 4.79 Å². The van der Waals surface area contributed by atoms with E-state index in [0.29, 0.717) is 16.4 Å². The Morgan fingerprint density at radius 1 is 1.47 bits per heavy atom. The number of pyridine rings is 1. The monoisotopic (exact) mass is 326 g/mol. The number of aromatic nitrogens is 1. The van der Waals surface area contributed by atoms with Gasteiger partial charge in [0.1, 0.15) is 4.60 Å². The zero-order valence-electron chi connectivity index (χ0n) is 11.1. The van der Waals surface area contributed by atoms with Crippen molar-refractivity contribution < 1.29 is 9.53 Å². The predicted molar refractivity (Wildman–Crippen MR) is 77.0 cm³/mol. The van der Waals surface area contributed by atoms with Gasteiger partial charge in [-0.25, -0.2) is 4.98 Å². The van der Waals surface area contributed by atoms with Gasteiger partial charge in [0.25, 0.3) is 5.91 Å². The lowest BCUT2D eigenvalue weighted by molar-refractivity contribution is -0.128. The molecular weight excluding hydrogens is 308 g/mol. The third kappa shape index (κ3) is 4.20. The molecule has 1 heterocycles. The Bertz CT molecular complexity index is 433. The molecule has 19 heavy (non-hydrogen) atoms.